The van der Waals surface area contributed by atoms with Gasteiger partial charge >= 0.3 is 0 Å². The number of carbonyl (C=O) groups excluding carboxylic acids is 1. The number of nitrogens with zero attached hydrogens (tertiary/aromatic N) is 5. The third kappa shape index (κ3) is 4.54. The highest BCUT2D eigenvalue weighted by Crippen LogP contribution is 2.31. The minimum atomic E-state index is -3.48. The summed E-state index contributed by atoms with van der Waals surface area (Å²) in [4.78, 5) is 12.8. The Hall–Kier alpha value is -1.78. The number of carbonyl (C=O) groups is 1. The first-order valence-electron chi connectivity index (χ1n) is 10.1. The fraction of sp³-hybridized carbons (Fsp3) is 0.579. The summed E-state index contributed by atoms with van der Waals surface area (Å²) in [6, 6.07) is 6.58. The van der Waals surface area contributed by atoms with Crippen molar-refractivity contribution in [2.45, 2.75) is 61.0 Å². The number of Topliss-reactive ketones (excluding diaryl/α,β-unsaturated/α-hetero) is 1. The van der Waals surface area contributed by atoms with E-state index >= 15 is 0 Å². The molecule has 8 nitrogen and oxygen atoms in total. The molecule has 1 aromatic heterocycles. The molecule has 4 rings (SSSR count). The molecule has 0 amide bonds. The fourth-order valence-corrected chi connectivity index (χ4v) is 6.30. The Balaban J connectivity index is 1.39. The molecule has 2 aliphatic rings. The predicted molar refractivity (Wildman–Crippen MR) is 109 cm³/mol. The molecule has 0 radical (unpaired) electrons. The molecule has 1 saturated carbocycles. The van der Waals surface area contributed by atoms with E-state index in [0.29, 0.717) is 29.9 Å². The molecule has 156 valence electrons. The summed E-state index contributed by atoms with van der Waals surface area (Å²) in [6.45, 7) is 1.13. The van der Waals surface area contributed by atoms with Crippen molar-refractivity contribution in [2.24, 2.45) is 0 Å². The zero-order valence-corrected chi connectivity index (χ0v) is 17.9. The summed E-state index contributed by atoms with van der Waals surface area (Å²) in [5.74, 6) is 0.142. The van der Waals surface area contributed by atoms with Gasteiger partial charge in [-0.3, -0.25) is 4.79 Å². The minimum absolute atomic E-state index is 0.0714. The van der Waals surface area contributed by atoms with Crippen LogP contribution in [0.3, 0.4) is 0 Å². The number of thioether (sulfide) groups is 1. The Bertz CT molecular complexity index is 946. The van der Waals surface area contributed by atoms with Crippen molar-refractivity contribution in [2.75, 3.05) is 18.8 Å². The van der Waals surface area contributed by atoms with Crippen LogP contribution in [-0.4, -0.2) is 57.6 Å². The number of aromatic nitrogens is 4. The largest absolute Gasteiger partial charge is 0.293 e. The lowest BCUT2D eigenvalue weighted by molar-refractivity contribution is 0.102. The zero-order chi connectivity index (χ0) is 20.3. The second-order valence-corrected chi connectivity index (χ2v) is 10.4. The van der Waals surface area contributed by atoms with Gasteiger partial charge in [0.25, 0.3) is 0 Å². The predicted octanol–water partition coefficient (Wildman–Crippen LogP) is 2.94. The third-order valence-electron chi connectivity index (χ3n) is 5.59. The topological polar surface area (TPSA) is 98.0 Å². The lowest BCUT2D eigenvalue weighted by Crippen LogP contribution is -2.35. The van der Waals surface area contributed by atoms with Crippen molar-refractivity contribution < 1.29 is 13.2 Å². The van der Waals surface area contributed by atoms with E-state index in [2.05, 4.69) is 15.5 Å². The third-order valence-corrected chi connectivity index (χ3v) is 8.44. The van der Waals surface area contributed by atoms with E-state index in [9.17, 15) is 13.2 Å². The molecular formula is C19H25N5O3S2. The van der Waals surface area contributed by atoms with Crippen LogP contribution in [0, 0.1) is 0 Å². The van der Waals surface area contributed by atoms with Gasteiger partial charge in [-0.1, -0.05) is 43.2 Å². The van der Waals surface area contributed by atoms with Gasteiger partial charge in [0.2, 0.25) is 15.2 Å². The summed E-state index contributed by atoms with van der Waals surface area (Å²) >= 11 is 1.33. The van der Waals surface area contributed by atoms with Gasteiger partial charge in [-0.05, 0) is 48.2 Å². The van der Waals surface area contributed by atoms with Crippen molar-refractivity contribution in [3.63, 3.8) is 0 Å². The van der Waals surface area contributed by atoms with Crippen LogP contribution in [0.2, 0.25) is 0 Å². The summed E-state index contributed by atoms with van der Waals surface area (Å²) in [5, 5.41) is 12.6. The second kappa shape index (κ2) is 8.93. The van der Waals surface area contributed by atoms with Gasteiger partial charge < -0.3 is 0 Å². The van der Waals surface area contributed by atoms with Crippen LogP contribution in [0.25, 0.3) is 0 Å². The highest BCUT2D eigenvalue weighted by atomic mass is 32.2. The number of benzene rings is 1. The molecule has 2 heterocycles. The van der Waals surface area contributed by atoms with E-state index in [4.69, 9.17) is 0 Å². The van der Waals surface area contributed by atoms with Crippen LogP contribution in [-0.2, 0) is 10.0 Å². The molecule has 0 atom stereocenters. The molecular weight excluding hydrogens is 410 g/mol. The van der Waals surface area contributed by atoms with Crippen LogP contribution in [0.1, 0.15) is 61.3 Å². The summed E-state index contributed by atoms with van der Waals surface area (Å²) in [7, 11) is -3.48. The van der Waals surface area contributed by atoms with Crippen LogP contribution in [0.4, 0.5) is 0 Å². The van der Waals surface area contributed by atoms with E-state index < -0.39 is 10.0 Å². The van der Waals surface area contributed by atoms with Gasteiger partial charge in [0.1, 0.15) is 0 Å². The monoisotopic (exact) mass is 435 g/mol. The molecule has 0 unspecified atom stereocenters. The molecule has 1 saturated heterocycles. The van der Waals surface area contributed by atoms with Crippen molar-refractivity contribution in [1.82, 2.24) is 24.5 Å². The molecule has 0 N–H and O–H groups in total. The number of ketones is 1. The highest BCUT2D eigenvalue weighted by Gasteiger charge is 2.26. The van der Waals surface area contributed by atoms with Crippen molar-refractivity contribution in [3.05, 3.63) is 29.8 Å². The number of piperidine rings is 1. The van der Waals surface area contributed by atoms with Crippen molar-refractivity contribution in [1.29, 1.82) is 0 Å². The normalized spacial score (nSPS) is 18.9. The Morgan fingerprint density at radius 2 is 1.72 bits per heavy atom. The average molecular weight is 436 g/mol. The lowest BCUT2D eigenvalue weighted by Gasteiger charge is -2.25. The lowest BCUT2D eigenvalue weighted by atomic mass is 10.1. The van der Waals surface area contributed by atoms with Crippen LogP contribution >= 0.6 is 11.8 Å². The summed E-state index contributed by atoms with van der Waals surface area (Å²) in [5.41, 5.74) is 0.495. The van der Waals surface area contributed by atoms with Gasteiger partial charge in [-0.2, -0.15) is 4.31 Å². The minimum Gasteiger partial charge on any atom is -0.293 e. The molecule has 0 bridgehead atoms. The molecule has 1 aliphatic heterocycles. The molecule has 1 aromatic carbocycles. The number of sulfonamides is 1. The van der Waals surface area contributed by atoms with E-state index in [1.54, 1.807) is 12.1 Å². The van der Waals surface area contributed by atoms with Gasteiger partial charge in [0, 0.05) is 18.7 Å². The zero-order valence-electron chi connectivity index (χ0n) is 16.2. The standard InChI is InChI=1S/C19H25N5O3S2/c25-18(14-28-19-20-21-22-24(19)16-6-2-3-7-16)15-8-10-17(11-9-15)29(26,27)23-12-4-1-5-13-23/h8-11,16H,1-7,12-14H2. The summed E-state index contributed by atoms with van der Waals surface area (Å²) < 4.78 is 28.8. The molecule has 29 heavy (non-hydrogen) atoms. The van der Waals surface area contributed by atoms with Gasteiger partial charge in [-0.15, -0.1) is 5.10 Å². The van der Waals surface area contributed by atoms with E-state index in [0.717, 1.165) is 32.1 Å². The van der Waals surface area contributed by atoms with E-state index in [-0.39, 0.29) is 16.4 Å². The quantitative estimate of drug-likeness (QED) is 0.487. The molecule has 10 heteroatoms. The van der Waals surface area contributed by atoms with Gasteiger partial charge in [-0.25, -0.2) is 13.1 Å². The fourth-order valence-electron chi connectivity index (χ4n) is 3.94. The van der Waals surface area contributed by atoms with Crippen LogP contribution in [0.5, 0.6) is 0 Å². The Morgan fingerprint density at radius 1 is 1.03 bits per heavy atom. The molecule has 1 aliphatic carbocycles. The summed E-state index contributed by atoms with van der Waals surface area (Å²) in [6.07, 6.45) is 7.36. The molecule has 2 aromatic rings. The highest BCUT2D eigenvalue weighted by molar-refractivity contribution is 7.99. The van der Waals surface area contributed by atoms with E-state index in [1.807, 2.05) is 4.68 Å². The smallest absolute Gasteiger partial charge is 0.243 e. The Labute approximate surface area is 175 Å². The van der Waals surface area contributed by atoms with Crippen molar-refractivity contribution in [3.8, 4) is 0 Å². The maximum atomic E-state index is 12.7. The first-order chi connectivity index (χ1) is 14.1. The second-order valence-electron chi connectivity index (χ2n) is 7.55. The number of hydrogen-bond donors (Lipinski definition) is 0. The maximum Gasteiger partial charge on any atom is 0.243 e. The Kier molecular flexibility index (Phi) is 6.31. The maximum absolute atomic E-state index is 12.7. The van der Waals surface area contributed by atoms with Crippen LogP contribution < -0.4 is 0 Å². The van der Waals surface area contributed by atoms with Gasteiger partial charge in [0.15, 0.2) is 5.78 Å². The Morgan fingerprint density at radius 3 is 2.41 bits per heavy atom. The average Bonchev–Trinajstić information content (AvgIpc) is 3.44. The number of tetrazole rings is 1. The first kappa shape index (κ1) is 20.5. The molecule has 0 spiro atoms. The number of hydrogen-bond acceptors (Lipinski definition) is 7. The van der Waals surface area contributed by atoms with Crippen molar-refractivity contribution >= 4 is 27.6 Å². The number of rotatable bonds is 7. The van der Waals surface area contributed by atoms with Crippen LogP contribution in [0.15, 0.2) is 34.3 Å². The van der Waals surface area contributed by atoms with Gasteiger partial charge in [0.05, 0.1) is 16.7 Å². The molecule has 2 fully saturated rings. The first-order valence-corrected chi connectivity index (χ1v) is 12.5. The van der Waals surface area contributed by atoms with E-state index in [1.165, 1.54) is 41.0 Å². The SMILES string of the molecule is O=C(CSc1nnnn1C1CCCC1)c1ccc(S(=O)(=O)N2CCCCC2)cc1.